The summed E-state index contributed by atoms with van der Waals surface area (Å²) in [5, 5.41) is 0. The van der Waals surface area contributed by atoms with Crippen LogP contribution in [-0.4, -0.2) is 11.1 Å². The van der Waals surface area contributed by atoms with Crippen LogP contribution < -0.4 is 4.74 Å². The second-order valence-corrected chi connectivity index (χ2v) is 5.54. The summed E-state index contributed by atoms with van der Waals surface area (Å²) in [5.74, 6) is 0.459. The minimum absolute atomic E-state index is 0.122. The van der Waals surface area contributed by atoms with Gasteiger partial charge in [0.2, 0.25) is 0 Å². The van der Waals surface area contributed by atoms with Gasteiger partial charge < -0.3 is 4.74 Å². The van der Waals surface area contributed by atoms with Gasteiger partial charge in [-0.1, -0.05) is 19.8 Å². The fourth-order valence-electron chi connectivity index (χ4n) is 2.37. The summed E-state index contributed by atoms with van der Waals surface area (Å²) >= 11 is 3.18. The van der Waals surface area contributed by atoms with E-state index in [2.05, 4.69) is 27.8 Å². The standard InChI is InChI=1S/C13H17BrFNO/c1-2-9-4-3-5-11(6-9)17-13-12(15)7-10(14)8-16-13/h7-9,11H,2-6H2,1H3. The van der Waals surface area contributed by atoms with Crippen LogP contribution in [0.1, 0.15) is 39.0 Å². The highest BCUT2D eigenvalue weighted by molar-refractivity contribution is 9.10. The summed E-state index contributed by atoms with van der Waals surface area (Å²) in [6.07, 6.45) is 7.33. The molecule has 1 aliphatic carbocycles. The van der Waals surface area contributed by atoms with Crippen LogP contribution in [0.15, 0.2) is 16.7 Å². The van der Waals surface area contributed by atoms with Crippen LogP contribution >= 0.6 is 15.9 Å². The van der Waals surface area contributed by atoms with Crippen molar-refractivity contribution in [3.8, 4) is 5.88 Å². The van der Waals surface area contributed by atoms with Gasteiger partial charge in [0.25, 0.3) is 5.88 Å². The van der Waals surface area contributed by atoms with Gasteiger partial charge in [-0.15, -0.1) is 0 Å². The minimum Gasteiger partial charge on any atom is -0.472 e. The Labute approximate surface area is 110 Å². The predicted octanol–water partition coefficient (Wildman–Crippen LogP) is 4.33. The number of hydrogen-bond acceptors (Lipinski definition) is 2. The molecule has 0 radical (unpaired) electrons. The summed E-state index contributed by atoms with van der Waals surface area (Å²) in [4.78, 5) is 3.98. The molecule has 2 rings (SSSR count). The molecular weight excluding hydrogens is 285 g/mol. The van der Waals surface area contributed by atoms with Gasteiger partial charge >= 0.3 is 0 Å². The van der Waals surface area contributed by atoms with Gasteiger partial charge in [-0.3, -0.25) is 0 Å². The van der Waals surface area contributed by atoms with Gasteiger partial charge in [-0.05, 0) is 47.2 Å². The van der Waals surface area contributed by atoms with Crippen molar-refractivity contribution in [3.63, 3.8) is 0 Å². The Hall–Kier alpha value is -0.640. The molecule has 2 atom stereocenters. The average Bonchev–Trinajstić information content (AvgIpc) is 2.33. The molecule has 1 aromatic rings. The Bertz CT molecular complexity index is 386. The molecule has 2 unspecified atom stereocenters. The smallest absolute Gasteiger partial charge is 0.250 e. The van der Waals surface area contributed by atoms with Crippen LogP contribution in [-0.2, 0) is 0 Å². The third-order valence-electron chi connectivity index (χ3n) is 3.36. The summed E-state index contributed by atoms with van der Waals surface area (Å²) < 4.78 is 19.9. The fourth-order valence-corrected chi connectivity index (χ4v) is 2.67. The molecule has 1 heterocycles. The Kier molecular flexibility index (Phi) is 4.37. The zero-order chi connectivity index (χ0) is 12.3. The van der Waals surface area contributed by atoms with E-state index in [0.717, 1.165) is 12.8 Å². The van der Waals surface area contributed by atoms with E-state index in [4.69, 9.17) is 4.74 Å². The van der Waals surface area contributed by atoms with Gasteiger partial charge in [0.05, 0.1) is 0 Å². The topological polar surface area (TPSA) is 22.1 Å². The number of nitrogens with zero attached hydrogens (tertiary/aromatic N) is 1. The predicted molar refractivity (Wildman–Crippen MR) is 68.6 cm³/mol. The van der Waals surface area contributed by atoms with Crippen molar-refractivity contribution in [1.82, 2.24) is 4.98 Å². The van der Waals surface area contributed by atoms with Gasteiger partial charge in [-0.25, -0.2) is 9.37 Å². The highest BCUT2D eigenvalue weighted by Crippen LogP contribution is 2.30. The number of ether oxygens (including phenoxy) is 1. The monoisotopic (exact) mass is 301 g/mol. The molecule has 1 aliphatic rings. The molecular formula is C13H17BrFNO. The molecule has 0 aromatic carbocycles. The lowest BCUT2D eigenvalue weighted by molar-refractivity contribution is 0.112. The average molecular weight is 302 g/mol. The van der Waals surface area contributed by atoms with E-state index in [1.165, 1.54) is 25.3 Å². The van der Waals surface area contributed by atoms with Crippen molar-refractivity contribution in [1.29, 1.82) is 0 Å². The molecule has 0 amide bonds. The van der Waals surface area contributed by atoms with E-state index < -0.39 is 5.82 Å². The number of hydrogen-bond donors (Lipinski definition) is 0. The maximum atomic E-state index is 13.6. The van der Waals surface area contributed by atoms with Crippen molar-refractivity contribution < 1.29 is 9.13 Å². The highest BCUT2D eigenvalue weighted by atomic mass is 79.9. The molecule has 0 saturated heterocycles. The first-order valence-electron chi connectivity index (χ1n) is 6.16. The summed E-state index contributed by atoms with van der Waals surface area (Å²) in [6, 6.07) is 1.39. The van der Waals surface area contributed by atoms with E-state index in [-0.39, 0.29) is 12.0 Å². The Morgan fingerprint density at radius 2 is 2.35 bits per heavy atom. The first-order valence-corrected chi connectivity index (χ1v) is 6.96. The van der Waals surface area contributed by atoms with Gasteiger partial charge in [-0.2, -0.15) is 0 Å². The van der Waals surface area contributed by atoms with E-state index >= 15 is 0 Å². The molecule has 17 heavy (non-hydrogen) atoms. The fraction of sp³-hybridized carbons (Fsp3) is 0.615. The molecule has 0 bridgehead atoms. The van der Waals surface area contributed by atoms with Crippen molar-refractivity contribution in [2.75, 3.05) is 0 Å². The SMILES string of the molecule is CCC1CCCC(Oc2ncc(Br)cc2F)C1. The molecule has 1 saturated carbocycles. The van der Waals surface area contributed by atoms with Crippen LogP contribution in [0.5, 0.6) is 5.88 Å². The first-order chi connectivity index (χ1) is 8.19. The van der Waals surface area contributed by atoms with Gasteiger partial charge in [0.15, 0.2) is 5.82 Å². The van der Waals surface area contributed by atoms with Crippen molar-refractivity contribution in [2.24, 2.45) is 5.92 Å². The van der Waals surface area contributed by atoms with Gasteiger partial charge in [0.1, 0.15) is 6.10 Å². The second-order valence-electron chi connectivity index (χ2n) is 4.62. The normalized spacial score (nSPS) is 24.6. The van der Waals surface area contributed by atoms with Crippen molar-refractivity contribution in [2.45, 2.75) is 45.1 Å². The van der Waals surface area contributed by atoms with E-state index in [0.29, 0.717) is 10.4 Å². The maximum Gasteiger partial charge on any atom is 0.250 e. The summed E-state index contributed by atoms with van der Waals surface area (Å²) in [6.45, 7) is 2.20. The lowest BCUT2D eigenvalue weighted by Gasteiger charge is -2.28. The summed E-state index contributed by atoms with van der Waals surface area (Å²) in [5.41, 5.74) is 0. The molecule has 1 fully saturated rings. The van der Waals surface area contributed by atoms with Crippen LogP contribution in [0.25, 0.3) is 0 Å². The molecule has 1 aromatic heterocycles. The molecule has 4 heteroatoms. The summed E-state index contributed by atoms with van der Waals surface area (Å²) in [7, 11) is 0. The number of rotatable bonds is 3. The Balaban J connectivity index is 2.00. The van der Waals surface area contributed by atoms with Crippen LogP contribution in [0, 0.1) is 11.7 Å². The zero-order valence-corrected chi connectivity index (χ0v) is 11.5. The molecule has 0 N–H and O–H groups in total. The largest absolute Gasteiger partial charge is 0.472 e. The third-order valence-corrected chi connectivity index (χ3v) is 3.80. The number of halogens is 2. The number of pyridine rings is 1. The van der Waals surface area contributed by atoms with Crippen LogP contribution in [0.2, 0.25) is 0 Å². The molecule has 0 spiro atoms. The third kappa shape index (κ3) is 3.41. The minimum atomic E-state index is -0.391. The van der Waals surface area contributed by atoms with Gasteiger partial charge in [0, 0.05) is 10.7 Å². The van der Waals surface area contributed by atoms with E-state index in [9.17, 15) is 4.39 Å². The Morgan fingerprint density at radius 3 is 3.06 bits per heavy atom. The van der Waals surface area contributed by atoms with Crippen LogP contribution in [0.4, 0.5) is 4.39 Å². The molecule has 94 valence electrons. The first kappa shape index (κ1) is 12.8. The lowest BCUT2D eigenvalue weighted by atomic mass is 9.85. The Morgan fingerprint density at radius 1 is 1.53 bits per heavy atom. The second kappa shape index (κ2) is 5.80. The van der Waals surface area contributed by atoms with E-state index in [1.807, 2.05) is 0 Å². The molecule has 2 nitrogen and oxygen atoms in total. The zero-order valence-electron chi connectivity index (χ0n) is 9.96. The lowest BCUT2D eigenvalue weighted by Crippen LogP contribution is -2.25. The number of aromatic nitrogens is 1. The highest BCUT2D eigenvalue weighted by Gasteiger charge is 2.23. The van der Waals surface area contributed by atoms with Crippen molar-refractivity contribution in [3.05, 3.63) is 22.6 Å². The molecule has 0 aliphatic heterocycles. The van der Waals surface area contributed by atoms with E-state index in [1.54, 1.807) is 6.20 Å². The van der Waals surface area contributed by atoms with Crippen molar-refractivity contribution >= 4 is 15.9 Å². The maximum absolute atomic E-state index is 13.6. The van der Waals surface area contributed by atoms with Crippen LogP contribution in [0.3, 0.4) is 0 Å². The quantitative estimate of drug-likeness (QED) is 0.829.